The number of rotatable bonds is 1. The Kier molecular flexibility index (Phi) is 3.83. The van der Waals surface area contributed by atoms with Crippen molar-refractivity contribution in [1.82, 2.24) is 0 Å². The highest BCUT2D eigenvalue weighted by Gasteiger charge is 2.61. The molecule has 0 spiro atoms. The molecule has 4 rings (SSSR count). The highest BCUT2D eigenvalue weighted by molar-refractivity contribution is 6.22. The SMILES string of the molecule is CC1(C)CCC[C@]2(C)[C@@H]1CC[C@@]1(C)OC3=C(C[C@@H]21)C(=O)C=C(CO)C3=O. The van der Waals surface area contributed by atoms with Gasteiger partial charge in [0.1, 0.15) is 5.60 Å². The lowest BCUT2D eigenvalue weighted by Crippen LogP contribution is -2.60. The van der Waals surface area contributed by atoms with Crippen LogP contribution in [-0.2, 0) is 14.3 Å². The maximum Gasteiger partial charge on any atom is 0.226 e. The van der Waals surface area contributed by atoms with Crippen molar-refractivity contribution < 1.29 is 19.4 Å². The summed E-state index contributed by atoms with van der Waals surface area (Å²) in [6.07, 6.45) is 7.57. The molecule has 3 aliphatic carbocycles. The Morgan fingerprint density at radius 2 is 1.85 bits per heavy atom. The number of ether oxygens (including phenoxy) is 1. The molecule has 1 aliphatic heterocycles. The van der Waals surface area contributed by atoms with Crippen LogP contribution >= 0.6 is 0 Å². The first-order valence-corrected chi connectivity index (χ1v) is 9.95. The van der Waals surface area contributed by atoms with Crippen LogP contribution in [0.4, 0.5) is 0 Å². The number of ketones is 2. The lowest BCUT2D eigenvalue weighted by atomic mass is 9.44. The Labute approximate surface area is 155 Å². The van der Waals surface area contributed by atoms with Gasteiger partial charge in [-0.25, -0.2) is 0 Å². The maximum atomic E-state index is 12.7. The van der Waals surface area contributed by atoms with Crippen LogP contribution < -0.4 is 0 Å². The molecule has 2 saturated carbocycles. The first-order valence-electron chi connectivity index (χ1n) is 9.95. The molecule has 142 valence electrons. The van der Waals surface area contributed by atoms with Crippen LogP contribution in [0.1, 0.15) is 66.2 Å². The summed E-state index contributed by atoms with van der Waals surface area (Å²) in [4.78, 5) is 25.3. The Hall–Kier alpha value is -1.42. The fourth-order valence-electron chi connectivity index (χ4n) is 6.74. The van der Waals surface area contributed by atoms with Gasteiger partial charge in [-0.3, -0.25) is 9.59 Å². The third kappa shape index (κ3) is 2.30. The highest BCUT2D eigenvalue weighted by atomic mass is 16.5. The maximum absolute atomic E-state index is 12.7. The fraction of sp³-hybridized carbons (Fsp3) is 0.727. The number of Topliss-reactive ketones (excluding diaryl/α,β-unsaturated/α-hetero) is 1. The van der Waals surface area contributed by atoms with E-state index < -0.39 is 12.2 Å². The summed E-state index contributed by atoms with van der Waals surface area (Å²) in [6, 6.07) is 0. The number of hydrogen-bond donors (Lipinski definition) is 1. The highest BCUT2D eigenvalue weighted by Crippen LogP contribution is 2.65. The van der Waals surface area contributed by atoms with E-state index in [4.69, 9.17) is 4.74 Å². The van der Waals surface area contributed by atoms with E-state index in [2.05, 4.69) is 27.7 Å². The molecule has 0 aromatic heterocycles. The molecule has 4 atom stereocenters. The lowest BCUT2D eigenvalue weighted by Gasteiger charge is -2.63. The molecular formula is C22H30O4. The van der Waals surface area contributed by atoms with E-state index in [0.29, 0.717) is 23.3 Å². The van der Waals surface area contributed by atoms with E-state index >= 15 is 0 Å². The zero-order valence-electron chi connectivity index (χ0n) is 16.4. The molecule has 26 heavy (non-hydrogen) atoms. The van der Waals surface area contributed by atoms with Gasteiger partial charge in [-0.2, -0.15) is 0 Å². The molecule has 4 nitrogen and oxygen atoms in total. The van der Waals surface area contributed by atoms with Gasteiger partial charge in [0.05, 0.1) is 6.61 Å². The van der Waals surface area contributed by atoms with Crippen LogP contribution in [0.5, 0.6) is 0 Å². The average Bonchev–Trinajstić information content (AvgIpc) is 2.56. The van der Waals surface area contributed by atoms with E-state index in [9.17, 15) is 14.7 Å². The largest absolute Gasteiger partial charge is 0.483 e. The standard InChI is InChI=1S/C22H30O4/c1-20(2)7-5-8-21(3)16(20)6-9-22(4)17(21)11-14-15(24)10-13(12-23)18(25)19(14)26-22/h10,16-17,23H,5-9,11-12H2,1-4H3/t16-,17+,21-,22-/m1/s1. The summed E-state index contributed by atoms with van der Waals surface area (Å²) in [5.74, 6) is 0.598. The molecule has 0 unspecified atom stereocenters. The van der Waals surface area contributed by atoms with Crippen molar-refractivity contribution in [3.8, 4) is 0 Å². The number of fused-ring (bicyclic) bond motifs is 3. The van der Waals surface area contributed by atoms with Crippen molar-refractivity contribution in [3.05, 3.63) is 23.0 Å². The number of aliphatic hydroxyl groups excluding tert-OH is 1. The van der Waals surface area contributed by atoms with E-state index in [-0.39, 0.29) is 34.2 Å². The number of allylic oxidation sites excluding steroid dienone is 3. The summed E-state index contributed by atoms with van der Waals surface area (Å²) in [5.41, 5.74) is 0.692. The van der Waals surface area contributed by atoms with E-state index in [0.717, 1.165) is 19.3 Å². The molecule has 0 aromatic rings. The number of hydrogen-bond acceptors (Lipinski definition) is 4. The summed E-state index contributed by atoms with van der Waals surface area (Å²) < 4.78 is 6.34. The first kappa shape index (κ1) is 18.0. The van der Waals surface area contributed by atoms with E-state index in [1.807, 2.05) is 0 Å². The molecule has 0 radical (unpaired) electrons. The predicted molar refractivity (Wildman–Crippen MR) is 98.3 cm³/mol. The molecule has 0 saturated heterocycles. The predicted octanol–water partition coefficient (Wildman–Crippen LogP) is 3.73. The molecule has 1 N–H and O–H groups in total. The third-order valence-electron chi connectivity index (χ3n) is 8.03. The third-order valence-corrected chi connectivity index (χ3v) is 8.03. The molecular weight excluding hydrogens is 328 g/mol. The van der Waals surface area contributed by atoms with Gasteiger partial charge >= 0.3 is 0 Å². The van der Waals surface area contributed by atoms with Gasteiger partial charge in [0.2, 0.25) is 5.78 Å². The van der Waals surface area contributed by atoms with Crippen LogP contribution in [0, 0.1) is 22.7 Å². The van der Waals surface area contributed by atoms with Gasteiger partial charge in [0, 0.05) is 17.1 Å². The molecule has 4 aliphatic rings. The lowest BCUT2D eigenvalue weighted by molar-refractivity contribution is -0.186. The van der Waals surface area contributed by atoms with Crippen molar-refractivity contribution in [2.45, 2.75) is 71.8 Å². The molecule has 1 heterocycles. The van der Waals surface area contributed by atoms with E-state index in [1.165, 1.54) is 18.9 Å². The molecule has 0 aromatic carbocycles. The van der Waals surface area contributed by atoms with Gasteiger partial charge in [-0.15, -0.1) is 0 Å². The molecule has 2 fully saturated rings. The Morgan fingerprint density at radius 3 is 2.54 bits per heavy atom. The Morgan fingerprint density at radius 1 is 1.12 bits per heavy atom. The Balaban J connectivity index is 1.76. The smallest absolute Gasteiger partial charge is 0.226 e. The number of carbonyl (C=O) groups excluding carboxylic acids is 2. The monoisotopic (exact) mass is 358 g/mol. The zero-order chi connectivity index (χ0) is 18.9. The van der Waals surface area contributed by atoms with Crippen molar-refractivity contribution in [3.63, 3.8) is 0 Å². The van der Waals surface area contributed by atoms with Gasteiger partial charge < -0.3 is 9.84 Å². The number of aliphatic hydroxyl groups is 1. The summed E-state index contributed by atoms with van der Waals surface area (Å²) >= 11 is 0. The van der Waals surface area contributed by atoms with E-state index in [1.54, 1.807) is 0 Å². The van der Waals surface area contributed by atoms with Gasteiger partial charge in [-0.05, 0) is 61.9 Å². The van der Waals surface area contributed by atoms with Crippen molar-refractivity contribution in [1.29, 1.82) is 0 Å². The minimum Gasteiger partial charge on any atom is -0.483 e. The first-order chi connectivity index (χ1) is 12.1. The zero-order valence-corrected chi connectivity index (χ0v) is 16.4. The second kappa shape index (κ2) is 5.54. The van der Waals surface area contributed by atoms with Crippen LogP contribution in [0.3, 0.4) is 0 Å². The normalized spacial score (nSPS) is 41.7. The quantitative estimate of drug-likeness (QED) is 0.726. The van der Waals surface area contributed by atoms with Crippen LogP contribution in [0.15, 0.2) is 23.0 Å². The second-order valence-electron chi connectivity index (χ2n) is 9.94. The number of carbonyl (C=O) groups is 2. The average molecular weight is 358 g/mol. The minimum atomic E-state index is -0.418. The van der Waals surface area contributed by atoms with Gasteiger partial charge in [0.25, 0.3) is 0 Å². The van der Waals surface area contributed by atoms with Crippen LogP contribution in [-0.4, -0.2) is 28.9 Å². The van der Waals surface area contributed by atoms with Crippen LogP contribution in [0.2, 0.25) is 0 Å². The van der Waals surface area contributed by atoms with Crippen molar-refractivity contribution in [2.75, 3.05) is 6.61 Å². The fourth-order valence-corrected chi connectivity index (χ4v) is 6.74. The topological polar surface area (TPSA) is 63.6 Å². The van der Waals surface area contributed by atoms with Crippen LogP contribution in [0.25, 0.3) is 0 Å². The molecule has 0 bridgehead atoms. The minimum absolute atomic E-state index is 0.123. The molecule has 0 amide bonds. The summed E-state index contributed by atoms with van der Waals surface area (Å²) in [6.45, 7) is 8.87. The van der Waals surface area contributed by atoms with Crippen molar-refractivity contribution >= 4 is 11.6 Å². The van der Waals surface area contributed by atoms with Gasteiger partial charge in [-0.1, -0.05) is 27.2 Å². The summed E-state index contributed by atoms with van der Waals surface area (Å²) in [5, 5.41) is 9.40. The summed E-state index contributed by atoms with van der Waals surface area (Å²) in [7, 11) is 0. The Bertz CT molecular complexity index is 743. The van der Waals surface area contributed by atoms with Gasteiger partial charge in [0.15, 0.2) is 11.5 Å². The second-order valence-corrected chi connectivity index (χ2v) is 9.94. The van der Waals surface area contributed by atoms with Crippen molar-refractivity contribution in [2.24, 2.45) is 22.7 Å². The molecule has 4 heteroatoms.